The summed E-state index contributed by atoms with van der Waals surface area (Å²) in [6, 6.07) is -0.0218. The largest absolute Gasteiger partial charge is 0.412 e. The molecular formula is C20H30ClN5O2Si. The predicted octanol–water partition coefficient (Wildman–Crippen LogP) is 4.20. The van der Waals surface area contributed by atoms with Crippen LogP contribution in [0.5, 0.6) is 0 Å². The van der Waals surface area contributed by atoms with Crippen LogP contribution in [0.1, 0.15) is 27.2 Å². The van der Waals surface area contributed by atoms with E-state index in [9.17, 15) is 4.79 Å². The lowest BCUT2D eigenvalue weighted by atomic mass is 10.0. The molecule has 29 heavy (non-hydrogen) atoms. The van der Waals surface area contributed by atoms with Crippen LogP contribution in [0.25, 0.3) is 11.0 Å². The van der Waals surface area contributed by atoms with Crippen molar-refractivity contribution in [3.63, 3.8) is 0 Å². The average molecular weight is 436 g/mol. The van der Waals surface area contributed by atoms with Crippen molar-refractivity contribution < 1.29 is 9.22 Å². The van der Waals surface area contributed by atoms with Gasteiger partial charge in [-0.2, -0.15) is 0 Å². The molecule has 0 bridgehead atoms. The zero-order valence-electron chi connectivity index (χ0n) is 17.8. The molecule has 1 fully saturated rings. The van der Waals surface area contributed by atoms with Gasteiger partial charge in [-0.1, -0.05) is 39.0 Å². The van der Waals surface area contributed by atoms with Crippen molar-refractivity contribution in [3.8, 4) is 0 Å². The third kappa shape index (κ3) is 4.65. The van der Waals surface area contributed by atoms with Gasteiger partial charge in [-0.05, 0) is 30.6 Å². The first kappa shape index (κ1) is 21.8. The van der Waals surface area contributed by atoms with Crippen LogP contribution in [0.4, 0.5) is 5.82 Å². The summed E-state index contributed by atoms with van der Waals surface area (Å²) in [6.07, 6.45) is 5.28. The number of aromatic amines is 1. The number of halogens is 1. The van der Waals surface area contributed by atoms with Crippen LogP contribution in [-0.4, -0.2) is 59.3 Å². The van der Waals surface area contributed by atoms with Crippen LogP contribution in [0.15, 0.2) is 25.2 Å². The Morgan fingerprint density at radius 2 is 2.14 bits per heavy atom. The van der Waals surface area contributed by atoms with Gasteiger partial charge in [-0.25, -0.2) is 9.97 Å². The number of H-pyrrole nitrogens is 1. The highest BCUT2D eigenvalue weighted by molar-refractivity contribution is 6.74. The van der Waals surface area contributed by atoms with Crippen molar-refractivity contribution in [2.75, 3.05) is 18.4 Å². The molecule has 1 aliphatic rings. The third-order valence-corrected chi connectivity index (χ3v) is 10.8. The predicted molar refractivity (Wildman–Crippen MR) is 120 cm³/mol. The van der Waals surface area contributed by atoms with Gasteiger partial charge in [-0.15, -0.1) is 0 Å². The molecule has 0 radical (unpaired) electrons. The van der Waals surface area contributed by atoms with Crippen LogP contribution in [0, 0.1) is 0 Å². The second-order valence-corrected chi connectivity index (χ2v) is 14.3. The minimum absolute atomic E-state index is 0.0218. The van der Waals surface area contributed by atoms with E-state index in [-0.39, 0.29) is 23.1 Å². The smallest absolute Gasteiger partial charge is 0.246 e. The zero-order valence-corrected chi connectivity index (χ0v) is 19.5. The summed E-state index contributed by atoms with van der Waals surface area (Å²) in [7, 11) is -1.97. The molecule has 3 heterocycles. The summed E-state index contributed by atoms with van der Waals surface area (Å²) in [4.78, 5) is 25.8. The molecule has 2 aromatic heterocycles. The monoisotopic (exact) mass is 435 g/mol. The van der Waals surface area contributed by atoms with E-state index >= 15 is 0 Å². The Kier molecular flexibility index (Phi) is 6.07. The summed E-state index contributed by atoms with van der Waals surface area (Å²) in [5, 5.41) is 4.88. The first-order valence-electron chi connectivity index (χ1n) is 9.85. The molecule has 3 rings (SSSR count). The van der Waals surface area contributed by atoms with Crippen molar-refractivity contribution in [2.45, 2.75) is 57.5 Å². The lowest BCUT2D eigenvalue weighted by Crippen LogP contribution is -2.55. The molecule has 158 valence electrons. The topological polar surface area (TPSA) is 83.1 Å². The van der Waals surface area contributed by atoms with Gasteiger partial charge in [0.25, 0.3) is 0 Å². The van der Waals surface area contributed by atoms with Gasteiger partial charge in [-0.3, -0.25) is 4.79 Å². The Bertz CT molecular complexity index is 908. The standard InChI is InChI=1S/C20H30ClN5O2Si/c1-7-16(27)26-10-13(8-14(11-26)28-29(5,6)20(2,3)4)25-19-17-15(21)9-22-18(17)23-12-24-19/h7,9,12-14H,1,8,10-11H2,2-6H3,(H2,22,23,24,25)/t13-,14+/m1/s1. The fraction of sp³-hybridized carbons (Fsp3) is 0.550. The van der Waals surface area contributed by atoms with Crippen LogP contribution in [0.3, 0.4) is 0 Å². The summed E-state index contributed by atoms with van der Waals surface area (Å²) in [5.74, 6) is 0.568. The Morgan fingerprint density at radius 1 is 1.41 bits per heavy atom. The summed E-state index contributed by atoms with van der Waals surface area (Å²) >= 11 is 6.31. The van der Waals surface area contributed by atoms with Gasteiger partial charge in [0.2, 0.25) is 5.91 Å². The SMILES string of the molecule is C=CC(=O)N1C[C@H](Nc2ncnc3[nH]cc(Cl)c23)C[C@H](O[Si](C)(C)C(C)(C)C)C1. The number of carbonyl (C=O) groups excluding carboxylic acids is 1. The number of amides is 1. The molecule has 1 aliphatic heterocycles. The van der Waals surface area contributed by atoms with E-state index in [1.165, 1.54) is 12.4 Å². The molecule has 2 aromatic rings. The Morgan fingerprint density at radius 3 is 2.79 bits per heavy atom. The van der Waals surface area contributed by atoms with Gasteiger partial charge in [0.15, 0.2) is 8.32 Å². The van der Waals surface area contributed by atoms with E-state index in [1.807, 2.05) is 0 Å². The number of nitrogens with one attached hydrogen (secondary N) is 2. The number of aromatic nitrogens is 3. The lowest BCUT2D eigenvalue weighted by molar-refractivity contribution is -0.128. The molecular weight excluding hydrogens is 406 g/mol. The number of nitrogens with zero attached hydrogens (tertiary/aromatic N) is 3. The fourth-order valence-corrected chi connectivity index (χ4v) is 4.96. The minimum Gasteiger partial charge on any atom is -0.412 e. The average Bonchev–Trinajstić information content (AvgIpc) is 3.01. The first-order chi connectivity index (χ1) is 13.5. The number of anilines is 1. The van der Waals surface area contributed by atoms with E-state index in [1.54, 1.807) is 11.1 Å². The molecule has 7 nitrogen and oxygen atoms in total. The van der Waals surface area contributed by atoms with Gasteiger partial charge >= 0.3 is 0 Å². The Labute approximate surface area is 178 Å². The van der Waals surface area contributed by atoms with Crippen molar-refractivity contribution in [3.05, 3.63) is 30.2 Å². The highest BCUT2D eigenvalue weighted by atomic mass is 35.5. The molecule has 2 N–H and O–H groups in total. The molecule has 0 aliphatic carbocycles. The number of carbonyl (C=O) groups is 1. The minimum atomic E-state index is -1.97. The van der Waals surface area contributed by atoms with Gasteiger partial charge in [0.05, 0.1) is 16.5 Å². The van der Waals surface area contributed by atoms with Gasteiger partial charge in [0, 0.05) is 25.3 Å². The highest BCUT2D eigenvalue weighted by Gasteiger charge is 2.41. The number of fused-ring (bicyclic) bond motifs is 1. The van der Waals surface area contributed by atoms with Gasteiger partial charge < -0.3 is 19.6 Å². The maximum atomic E-state index is 12.4. The molecule has 1 amide bonds. The maximum Gasteiger partial charge on any atom is 0.246 e. The van der Waals surface area contributed by atoms with Crippen LogP contribution >= 0.6 is 11.6 Å². The molecule has 2 atom stereocenters. The van der Waals surface area contributed by atoms with Crippen molar-refractivity contribution >= 4 is 42.7 Å². The normalized spacial score (nSPS) is 20.7. The number of rotatable bonds is 5. The summed E-state index contributed by atoms with van der Waals surface area (Å²) in [6.45, 7) is 15.9. The zero-order chi connectivity index (χ0) is 21.4. The van der Waals surface area contributed by atoms with E-state index < -0.39 is 8.32 Å². The van der Waals surface area contributed by atoms with Crippen LogP contribution in [-0.2, 0) is 9.22 Å². The molecule has 0 unspecified atom stereocenters. The molecule has 0 saturated carbocycles. The maximum absolute atomic E-state index is 12.4. The van der Waals surface area contributed by atoms with Crippen molar-refractivity contribution in [1.29, 1.82) is 0 Å². The number of likely N-dealkylation sites (tertiary alicyclic amines) is 1. The van der Waals surface area contributed by atoms with E-state index in [0.717, 1.165) is 11.8 Å². The van der Waals surface area contributed by atoms with Crippen LogP contribution in [0.2, 0.25) is 23.2 Å². The second kappa shape index (κ2) is 8.08. The van der Waals surface area contributed by atoms with Crippen LogP contribution < -0.4 is 5.32 Å². The molecule has 0 aromatic carbocycles. The van der Waals surface area contributed by atoms with Crippen molar-refractivity contribution in [1.82, 2.24) is 19.9 Å². The molecule has 1 saturated heterocycles. The Balaban J connectivity index is 1.84. The Hall–Kier alpha value is -1.90. The molecule has 9 heteroatoms. The van der Waals surface area contributed by atoms with E-state index in [2.05, 4.69) is 60.7 Å². The fourth-order valence-electron chi connectivity index (χ4n) is 3.37. The second-order valence-electron chi connectivity index (χ2n) is 9.11. The highest BCUT2D eigenvalue weighted by Crippen LogP contribution is 2.38. The van der Waals surface area contributed by atoms with Gasteiger partial charge in [0.1, 0.15) is 17.8 Å². The number of hydrogen-bond donors (Lipinski definition) is 2. The summed E-state index contributed by atoms with van der Waals surface area (Å²) < 4.78 is 6.64. The lowest BCUT2D eigenvalue weighted by Gasteiger charge is -2.44. The quantitative estimate of drug-likeness (QED) is 0.543. The van der Waals surface area contributed by atoms with E-state index in [4.69, 9.17) is 16.0 Å². The van der Waals surface area contributed by atoms with E-state index in [0.29, 0.717) is 29.6 Å². The molecule has 0 spiro atoms. The number of hydrogen-bond acceptors (Lipinski definition) is 5. The van der Waals surface area contributed by atoms with Crippen molar-refractivity contribution in [2.24, 2.45) is 0 Å². The number of piperidine rings is 1. The third-order valence-electron chi connectivity index (χ3n) is 5.93. The summed E-state index contributed by atoms with van der Waals surface area (Å²) in [5.41, 5.74) is 0.677. The first-order valence-corrected chi connectivity index (χ1v) is 13.1.